The third-order valence-electron chi connectivity index (χ3n) is 30.3. The van der Waals surface area contributed by atoms with Crippen LogP contribution in [0.25, 0.3) is 0 Å². The van der Waals surface area contributed by atoms with Crippen LogP contribution in [0.4, 0.5) is 18.0 Å². The number of amides is 7. The summed E-state index contributed by atoms with van der Waals surface area (Å²) in [5.41, 5.74) is 17.2. The third kappa shape index (κ3) is 22.2. The van der Waals surface area contributed by atoms with Gasteiger partial charge in [-0.25, -0.2) is 14.8 Å². The minimum Gasteiger partial charge on any atom is -0.870 e. The Morgan fingerprint density at radius 3 is 1.21 bits per heavy atom. The number of primary amides is 1. The molecule has 9 spiro atoms. The maximum atomic E-state index is 13.5. The van der Waals surface area contributed by atoms with Crippen molar-refractivity contribution in [3.05, 3.63) is 193 Å². The van der Waals surface area contributed by atoms with E-state index in [1.54, 1.807) is 59.3 Å². The molecule has 7 amide bonds. The molecule has 0 radical (unpaired) electrons. The number of halogens is 10. The summed E-state index contributed by atoms with van der Waals surface area (Å²) in [5.74, 6) is 0.111. The molecule has 27 nitrogen and oxygen atoms in total. The van der Waals surface area contributed by atoms with Crippen molar-refractivity contribution in [1.29, 1.82) is 0 Å². The van der Waals surface area contributed by atoms with E-state index in [9.17, 15) is 41.9 Å². The van der Waals surface area contributed by atoms with Crippen LogP contribution in [-0.4, -0.2) is 188 Å². The number of fused-ring (bicyclic) bond motifs is 13. The number of aliphatic imine (C=N–C) groups is 2. The van der Waals surface area contributed by atoms with Crippen molar-refractivity contribution in [2.75, 3.05) is 60.8 Å². The van der Waals surface area contributed by atoms with Crippen LogP contribution in [0.1, 0.15) is 196 Å². The predicted molar refractivity (Wildman–Crippen MR) is 560 cm³/mol. The Labute approximate surface area is 904 Å². The van der Waals surface area contributed by atoms with Crippen molar-refractivity contribution >= 4 is 221 Å². The number of rotatable bonds is 7. The summed E-state index contributed by atoms with van der Waals surface area (Å²) in [7, 11) is 10.6. The van der Waals surface area contributed by atoms with Crippen molar-refractivity contribution in [3.63, 3.8) is 0 Å². The Bertz CT molecular complexity index is 5340. The van der Waals surface area contributed by atoms with Gasteiger partial charge in [-0.05, 0) is 312 Å². The first-order chi connectivity index (χ1) is 62.9. The number of carbonyl (C=O) groups excluding carboxylic acids is 7. The first-order valence-corrected chi connectivity index (χ1v) is 51.8. The fourth-order valence-electron chi connectivity index (χ4n) is 23.8. The average Bonchev–Trinajstić information content (AvgIpc) is 1.54. The molecule has 14 aliphatic rings. The average molecular weight is 2490 g/mol. The molecule has 0 aromatic heterocycles. The van der Waals surface area contributed by atoms with Crippen LogP contribution in [0.5, 0.6) is 5.75 Å². The Morgan fingerprint density at radius 1 is 0.526 bits per heavy atom. The Morgan fingerprint density at radius 2 is 0.869 bits per heavy atom. The molecular formula is C96H121BBr5F3I2N11NaO16S2. The number of guanidine groups is 1. The van der Waals surface area contributed by atoms with E-state index in [2.05, 4.69) is 195 Å². The molecule has 41 heteroatoms. The van der Waals surface area contributed by atoms with Crippen LogP contribution in [-0.2, 0) is 102 Å². The number of alkyl halides is 4. The first-order valence-electron chi connectivity index (χ1n) is 44.1. The number of ketones is 1. The smallest absolute Gasteiger partial charge is 0.870 e. The molecule has 4 atom stereocenters. The number of nitrogens with one attached hydrogen (secondary N) is 4. The summed E-state index contributed by atoms with van der Waals surface area (Å²) in [5, 5.41) is 30.3. The molecule has 6 aromatic rings. The van der Waals surface area contributed by atoms with E-state index in [0.717, 1.165) is 234 Å². The van der Waals surface area contributed by atoms with E-state index >= 15 is 0 Å². The molecule has 4 heterocycles. The van der Waals surface area contributed by atoms with Crippen molar-refractivity contribution < 1.29 is 120 Å². The monoisotopic (exact) mass is 2490 g/mol. The molecule has 742 valence electrons. The maximum Gasteiger partial charge on any atom is 1.00 e. The number of amidine groups is 1. The minimum absolute atomic E-state index is 0. The number of benzene rings is 6. The third-order valence-corrected chi connectivity index (χ3v) is 33.7. The fourth-order valence-corrected chi connectivity index (χ4v) is 26.4. The number of likely N-dealkylation sites (N-methyl/N-ethyl adjacent to an activating group) is 2. The molecule has 2 saturated heterocycles. The van der Waals surface area contributed by atoms with Gasteiger partial charge >= 0.3 is 49.1 Å². The Kier molecular flexibility index (Phi) is 41.3. The number of hydrogen-bond donors (Lipinski definition) is 9. The zero-order valence-electron chi connectivity index (χ0n) is 77.6. The molecule has 20 rings (SSSR count). The van der Waals surface area contributed by atoms with Crippen molar-refractivity contribution in [3.8, 4) is 5.75 Å². The topological polar surface area (TPSA) is 412 Å². The van der Waals surface area contributed by atoms with E-state index in [0.29, 0.717) is 35.2 Å². The number of thiocarbonyl (C=S) groups is 1. The van der Waals surface area contributed by atoms with Crippen molar-refractivity contribution in [1.82, 2.24) is 37.2 Å². The number of ether oxygens (including phenoxy) is 6. The number of imide groups is 1. The Balaban J connectivity index is 0.000000200. The quantitative estimate of drug-likeness (QED) is 0.0179. The van der Waals surface area contributed by atoms with Gasteiger partial charge in [0.1, 0.15) is 5.75 Å². The van der Waals surface area contributed by atoms with Gasteiger partial charge in [0.2, 0.25) is 6.41 Å². The Hall–Kier alpha value is -4.66. The number of methoxy groups -OCH3 is 5. The number of Topliss-reactive ketones (excluding diaryl/α,β-unsaturated/α-hetero) is 1. The van der Waals surface area contributed by atoms with E-state index in [1.165, 1.54) is 39.3 Å². The fraction of sp³-hybridized carbons (Fsp3) is 0.521. The molecule has 10 aliphatic carbocycles. The summed E-state index contributed by atoms with van der Waals surface area (Å²) in [6.07, 6.45) is 22.5. The van der Waals surface area contributed by atoms with Gasteiger partial charge in [-0.3, -0.25) is 43.9 Å². The predicted octanol–water partition coefficient (Wildman–Crippen LogP) is 14.3. The largest absolute Gasteiger partial charge is 1.00 e. The zero-order chi connectivity index (χ0) is 95.6. The number of nitrogens with zero attached hydrogens (tertiary/aromatic N) is 4. The van der Waals surface area contributed by atoms with Crippen LogP contribution in [0.15, 0.2) is 148 Å². The van der Waals surface area contributed by atoms with Crippen molar-refractivity contribution in [2.45, 2.75) is 227 Å². The van der Waals surface area contributed by atoms with E-state index in [-0.39, 0.29) is 147 Å². The van der Waals surface area contributed by atoms with Gasteiger partial charge in [-0.1, -0.05) is 164 Å². The van der Waals surface area contributed by atoms with Gasteiger partial charge < -0.3 is 77.5 Å². The summed E-state index contributed by atoms with van der Waals surface area (Å²) in [6.45, 7) is 0. The molecular weight excluding hydrogens is 2370 g/mol. The molecule has 4 aliphatic heterocycles. The first kappa shape index (κ1) is 118. The molecule has 14 N–H and O–H groups in total. The second-order valence-corrected chi connectivity index (χ2v) is 42.2. The second kappa shape index (κ2) is 48.1. The van der Waals surface area contributed by atoms with Crippen LogP contribution >= 0.6 is 150 Å². The standard InChI is InChI=1S/C19H23BrN2O2S.C18H22BrN3O2.C17H19BrN2O3.C17H19BrN2O2S.C15H17BrO2.C7H6BF3O3.CH3I.CH3NO.CH4.HI.H3N.Na.H2O/c1-22-16(23)19(21-17(22)25-3)15-10-13(20)5-4-12(15)11-18(19)8-6-14(24-2)7-9-18;1-22-15(23)18(21-16(22)20)14-9-12(19)4-3-11(14)10-17(18)7-5-13(24-2)6-8-17;1-23-12-4-6-16(7-5-12)9-10-2-3-11(18)8-13(10)17(16)14(21)19-15(22)20-17;1-22-12-4-6-16(7-5-12)9-10-2-3-11(18)8-13(10)17(16)14(21)19-15(23)20-17;1-18-12-4-6-15(7-5-12)9-10-2-3-11(16)8-13(10)14(15)17;9-7(10,11)14-6-3-1-2-5(4-6)8(12)13;1-2;2-1-3;;;;;/h4-5,10,14H,6-9,11H2,1-3H3;3-4,9,13H,5-8,10H2,1-2H3,(H2,20,21);2-3,8,12H,4-7,9H2,1H3,(H2,19,20,21,22);2-3,8,12H,4-7,9H2,1H3,(H2,19,20,21,23);2-3,8,12H,4-7,9H2,1H3;1-4,12-13H;1H3;1H,(H2,2,3);1H4;1H;1H3;;1H2/q;;;;;;;;;;;+1;/p-1. The number of thioether (sulfide) groups is 1. The van der Waals surface area contributed by atoms with Gasteiger partial charge in [0.15, 0.2) is 44.2 Å². The van der Waals surface area contributed by atoms with Gasteiger partial charge in [0, 0.05) is 105 Å². The molecule has 6 aromatic carbocycles. The van der Waals surface area contributed by atoms with Gasteiger partial charge in [-0.15, -0.1) is 37.1 Å². The van der Waals surface area contributed by atoms with Crippen LogP contribution < -0.4 is 78.6 Å². The van der Waals surface area contributed by atoms with E-state index in [4.69, 9.17) is 66.5 Å². The molecule has 7 fully saturated rings. The number of carbonyl (C=O) groups is 7. The molecule has 5 saturated carbocycles. The van der Waals surface area contributed by atoms with Crippen LogP contribution in [0, 0.1) is 27.1 Å². The van der Waals surface area contributed by atoms with Gasteiger partial charge in [0.25, 0.3) is 23.6 Å². The SMILES string of the molecule is C.CI.COC1CCC2(CC1)Cc1ccc(Br)cc1C21N=C(N)N(C)C1=O.COC1CCC2(CC1)Cc1ccc(Br)cc1C21N=C(SC)N(C)C1=O.COC1CCC2(CC1)Cc1ccc(Br)cc1C21NC(=O)NC1=O.COC1CCC2(CC1)Cc1ccc(Br)cc1C21NC(=S)NC1=O.COC1CCC2(CC1)Cc1ccc(Br)cc1C2=O.I.N.NC=O.OB(O)c1cccc(OC(F)(F)F)c1.[Na+].[OH-]. The van der Waals surface area contributed by atoms with Gasteiger partial charge in [0.05, 0.1) is 30.5 Å². The maximum absolute atomic E-state index is 13.5. The molecule has 0 bridgehead atoms. The van der Waals surface area contributed by atoms with Crippen molar-refractivity contribution in [2.24, 2.45) is 48.5 Å². The second-order valence-electron chi connectivity index (χ2n) is 36.5. The van der Waals surface area contributed by atoms with Gasteiger partial charge in [-0.2, -0.15) is 0 Å². The number of hydrogen-bond acceptors (Lipinski definition) is 22. The van der Waals surface area contributed by atoms with E-state index in [1.807, 2.05) is 48.6 Å². The summed E-state index contributed by atoms with van der Waals surface area (Å²) in [6, 6.07) is 35.1. The molecule has 4 unspecified atom stereocenters. The molecule has 137 heavy (non-hydrogen) atoms. The summed E-state index contributed by atoms with van der Waals surface area (Å²) in [4.78, 5) is 101. The van der Waals surface area contributed by atoms with Crippen LogP contribution in [0.3, 0.4) is 0 Å². The minimum atomic E-state index is -4.78. The number of nitrogens with two attached hydrogens (primary N) is 2. The summed E-state index contributed by atoms with van der Waals surface area (Å²) >= 11 is 26.6. The zero-order valence-corrected chi connectivity index (χ0v) is 93.7. The summed E-state index contributed by atoms with van der Waals surface area (Å²) < 4.78 is 71.2. The normalized spacial score (nSPS) is 29.6. The number of urea groups is 1. The van der Waals surface area contributed by atoms with Crippen LogP contribution in [0.2, 0.25) is 0 Å². The van der Waals surface area contributed by atoms with E-state index < -0.39 is 47.4 Å².